The molecule has 1 amide bonds. The Morgan fingerprint density at radius 2 is 2.00 bits per heavy atom. The highest BCUT2D eigenvalue weighted by Crippen LogP contribution is 2.37. The van der Waals surface area contributed by atoms with Gasteiger partial charge in [0.1, 0.15) is 11.5 Å². The fourth-order valence-corrected chi connectivity index (χ4v) is 3.99. The van der Waals surface area contributed by atoms with Gasteiger partial charge in [0.25, 0.3) is 0 Å². The third kappa shape index (κ3) is 4.29. The summed E-state index contributed by atoms with van der Waals surface area (Å²) in [6.07, 6.45) is 6.40. The van der Waals surface area contributed by atoms with Gasteiger partial charge in [-0.1, -0.05) is 31.9 Å². The number of fused-ring (bicyclic) bond motifs is 1. The van der Waals surface area contributed by atoms with Gasteiger partial charge in [0, 0.05) is 30.0 Å². The molecule has 1 unspecified atom stereocenters. The number of amides is 1. The molecule has 0 bridgehead atoms. The van der Waals surface area contributed by atoms with Crippen LogP contribution in [-0.4, -0.2) is 11.0 Å². The van der Waals surface area contributed by atoms with Crippen molar-refractivity contribution in [2.75, 3.05) is 5.32 Å². The zero-order chi connectivity index (χ0) is 20.1. The standard InChI is InChI=1S/C23H28NO4/c1-3-17(15-10-9-11-16(14-15)24-20(25)4-2)21-22(26)18-12-7-5-6-8-13-19(18)28-23(21)27/h9-11,14,17,26H,2-8,12-13H2,1H3,(H,24,25). The highest BCUT2D eigenvalue weighted by atomic mass is 16.4. The van der Waals surface area contributed by atoms with Crippen molar-refractivity contribution in [1.82, 2.24) is 0 Å². The zero-order valence-corrected chi connectivity index (χ0v) is 16.4. The predicted octanol–water partition coefficient (Wildman–Crippen LogP) is 4.71. The maximum atomic E-state index is 12.8. The van der Waals surface area contributed by atoms with Gasteiger partial charge in [0.05, 0.1) is 5.56 Å². The van der Waals surface area contributed by atoms with Crippen LogP contribution in [0.1, 0.15) is 73.8 Å². The molecule has 0 saturated carbocycles. The summed E-state index contributed by atoms with van der Waals surface area (Å²) in [5.74, 6) is 0.252. The molecule has 3 rings (SSSR count). The maximum absolute atomic E-state index is 12.8. The largest absolute Gasteiger partial charge is 0.507 e. The SMILES string of the molecule is [CH2]CC(=O)Nc1cccc(C(CC)c2c(O)c3c(oc2=O)CCCCCC3)c1. The summed E-state index contributed by atoms with van der Waals surface area (Å²) in [6.45, 7) is 5.56. The van der Waals surface area contributed by atoms with E-state index in [-0.39, 0.29) is 24.0 Å². The molecule has 1 aliphatic rings. The number of aryl methyl sites for hydroxylation is 1. The summed E-state index contributed by atoms with van der Waals surface area (Å²) in [7, 11) is 0. The molecule has 149 valence electrons. The second kappa shape index (κ2) is 9.09. The molecule has 1 aliphatic carbocycles. The molecular weight excluding hydrogens is 354 g/mol. The molecule has 28 heavy (non-hydrogen) atoms. The highest BCUT2D eigenvalue weighted by molar-refractivity contribution is 5.91. The van der Waals surface area contributed by atoms with Crippen LogP contribution < -0.4 is 10.9 Å². The Kier molecular flexibility index (Phi) is 6.55. The van der Waals surface area contributed by atoms with Gasteiger partial charge in [-0.2, -0.15) is 0 Å². The van der Waals surface area contributed by atoms with Gasteiger partial charge in [0.15, 0.2) is 0 Å². The lowest BCUT2D eigenvalue weighted by atomic mass is 9.86. The minimum atomic E-state index is -0.462. The maximum Gasteiger partial charge on any atom is 0.343 e. The van der Waals surface area contributed by atoms with Crippen LogP contribution in [0.15, 0.2) is 33.5 Å². The van der Waals surface area contributed by atoms with Gasteiger partial charge in [-0.05, 0) is 50.3 Å². The first-order valence-corrected chi connectivity index (χ1v) is 10.1. The number of hydrogen-bond acceptors (Lipinski definition) is 4. The van der Waals surface area contributed by atoms with Crippen molar-refractivity contribution in [3.8, 4) is 5.75 Å². The molecule has 2 N–H and O–H groups in total. The van der Waals surface area contributed by atoms with Crippen LogP contribution in [0.3, 0.4) is 0 Å². The molecule has 0 saturated heterocycles. The number of rotatable bonds is 5. The van der Waals surface area contributed by atoms with E-state index in [4.69, 9.17) is 4.42 Å². The first kappa shape index (κ1) is 20.2. The number of nitrogens with one attached hydrogen (secondary N) is 1. The topological polar surface area (TPSA) is 79.5 Å². The van der Waals surface area contributed by atoms with Gasteiger partial charge < -0.3 is 14.8 Å². The van der Waals surface area contributed by atoms with Crippen LogP contribution in [0.4, 0.5) is 5.69 Å². The van der Waals surface area contributed by atoms with Crippen LogP contribution in [0.5, 0.6) is 5.75 Å². The second-order valence-corrected chi connectivity index (χ2v) is 7.35. The van der Waals surface area contributed by atoms with Crippen molar-refractivity contribution < 1.29 is 14.3 Å². The Morgan fingerprint density at radius 3 is 2.71 bits per heavy atom. The summed E-state index contributed by atoms with van der Waals surface area (Å²) < 4.78 is 5.67. The average Bonchev–Trinajstić information content (AvgIpc) is 2.66. The fraction of sp³-hybridized carbons (Fsp3) is 0.435. The van der Waals surface area contributed by atoms with E-state index in [1.165, 1.54) is 0 Å². The molecular formula is C23H28NO4. The fourth-order valence-electron chi connectivity index (χ4n) is 3.99. The third-order valence-corrected chi connectivity index (χ3v) is 5.45. The third-order valence-electron chi connectivity index (χ3n) is 5.45. The van der Waals surface area contributed by atoms with Crippen LogP contribution in [-0.2, 0) is 17.6 Å². The van der Waals surface area contributed by atoms with E-state index in [1.54, 1.807) is 6.07 Å². The van der Waals surface area contributed by atoms with E-state index in [2.05, 4.69) is 12.2 Å². The minimum Gasteiger partial charge on any atom is -0.507 e. The predicted molar refractivity (Wildman–Crippen MR) is 110 cm³/mol. The number of benzene rings is 1. The summed E-state index contributed by atoms with van der Waals surface area (Å²) in [5.41, 5.74) is 2.16. The zero-order valence-electron chi connectivity index (χ0n) is 16.4. The lowest BCUT2D eigenvalue weighted by Gasteiger charge is -2.21. The summed E-state index contributed by atoms with van der Waals surface area (Å²) in [5, 5.41) is 13.8. The van der Waals surface area contributed by atoms with Gasteiger partial charge in [0.2, 0.25) is 5.91 Å². The normalized spacial score (nSPS) is 15.2. The van der Waals surface area contributed by atoms with Crippen LogP contribution in [0.25, 0.3) is 0 Å². The van der Waals surface area contributed by atoms with Gasteiger partial charge in [-0.25, -0.2) is 4.79 Å². The second-order valence-electron chi connectivity index (χ2n) is 7.35. The summed E-state index contributed by atoms with van der Waals surface area (Å²) >= 11 is 0. The lowest BCUT2D eigenvalue weighted by Crippen LogP contribution is -2.18. The Labute approximate surface area is 165 Å². The Hall–Kier alpha value is -2.56. The molecule has 1 heterocycles. The average molecular weight is 382 g/mol. The van der Waals surface area contributed by atoms with E-state index in [1.807, 2.05) is 25.1 Å². The summed E-state index contributed by atoms with van der Waals surface area (Å²) in [6, 6.07) is 7.39. The van der Waals surface area contributed by atoms with E-state index in [9.17, 15) is 14.7 Å². The molecule has 1 radical (unpaired) electrons. The van der Waals surface area contributed by atoms with Crippen molar-refractivity contribution in [3.63, 3.8) is 0 Å². The van der Waals surface area contributed by atoms with Crippen molar-refractivity contribution >= 4 is 11.6 Å². The van der Waals surface area contributed by atoms with Crippen LogP contribution in [0.2, 0.25) is 0 Å². The molecule has 0 aliphatic heterocycles. The first-order valence-electron chi connectivity index (χ1n) is 10.1. The molecule has 0 fully saturated rings. The number of carbonyl (C=O) groups is 1. The Balaban J connectivity index is 2.03. The van der Waals surface area contributed by atoms with Crippen LogP contribution in [0, 0.1) is 6.92 Å². The van der Waals surface area contributed by atoms with Crippen molar-refractivity contribution in [1.29, 1.82) is 0 Å². The van der Waals surface area contributed by atoms with Gasteiger partial charge in [-0.3, -0.25) is 4.79 Å². The Morgan fingerprint density at radius 1 is 1.25 bits per heavy atom. The summed E-state index contributed by atoms with van der Waals surface area (Å²) in [4.78, 5) is 24.4. The van der Waals surface area contributed by atoms with Gasteiger partial charge in [-0.15, -0.1) is 0 Å². The number of anilines is 1. The lowest BCUT2D eigenvalue weighted by molar-refractivity contribution is -0.115. The van der Waals surface area contributed by atoms with E-state index in [0.717, 1.165) is 43.2 Å². The monoisotopic (exact) mass is 382 g/mol. The smallest absolute Gasteiger partial charge is 0.343 e. The van der Waals surface area contributed by atoms with Crippen molar-refractivity contribution in [2.24, 2.45) is 0 Å². The van der Waals surface area contributed by atoms with E-state index < -0.39 is 5.63 Å². The van der Waals surface area contributed by atoms with E-state index >= 15 is 0 Å². The number of hydrogen-bond donors (Lipinski definition) is 2. The van der Waals surface area contributed by atoms with Crippen LogP contribution >= 0.6 is 0 Å². The number of aromatic hydroxyl groups is 1. The highest BCUT2D eigenvalue weighted by Gasteiger charge is 2.26. The quantitative estimate of drug-likeness (QED) is 0.785. The Bertz CT molecular complexity index is 900. The van der Waals surface area contributed by atoms with E-state index in [0.29, 0.717) is 29.9 Å². The van der Waals surface area contributed by atoms with Gasteiger partial charge >= 0.3 is 5.63 Å². The van der Waals surface area contributed by atoms with Crippen molar-refractivity contribution in [3.05, 3.63) is 64.1 Å². The molecule has 1 atom stereocenters. The number of carbonyl (C=O) groups excluding carboxylic acids is 1. The molecule has 5 nitrogen and oxygen atoms in total. The molecule has 1 aromatic carbocycles. The van der Waals surface area contributed by atoms with Crippen molar-refractivity contribution in [2.45, 2.75) is 64.2 Å². The minimum absolute atomic E-state index is 0.0900. The first-order chi connectivity index (χ1) is 13.5. The molecule has 2 aromatic rings. The molecule has 5 heteroatoms. The molecule has 0 spiro atoms. The molecule has 1 aromatic heterocycles.